The number of likely N-dealkylation sites (tertiary alicyclic amines) is 1. The van der Waals surface area contributed by atoms with Crippen LogP contribution in [0.25, 0.3) is 0 Å². The molecule has 0 bridgehead atoms. The number of amides is 1. The molecule has 1 fully saturated rings. The van der Waals surface area contributed by atoms with Gasteiger partial charge in [-0.15, -0.1) is 12.4 Å². The van der Waals surface area contributed by atoms with Crippen LogP contribution in [0.5, 0.6) is 5.75 Å². The zero-order valence-electron chi connectivity index (χ0n) is 12.5. The number of halogens is 3. The minimum Gasteiger partial charge on any atom is -0.482 e. The lowest BCUT2D eigenvalue weighted by Gasteiger charge is -2.31. The van der Waals surface area contributed by atoms with Crippen LogP contribution in [0, 0.1) is 11.7 Å². The summed E-state index contributed by atoms with van der Waals surface area (Å²) in [6, 6.07) is 3.86. The summed E-state index contributed by atoms with van der Waals surface area (Å²) in [5.41, 5.74) is 0. The summed E-state index contributed by atoms with van der Waals surface area (Å²) in [5, 5.41) is 3.34. The molecule has 1 amide bonds. The zero-order chi connectivity index (χ0) is 15.2. The fourth-order valence-corrected chi connectivity index (χ4v) is 2.72. The number of ether oxygens (including phenoxy) is 1. The van der Waals surface area contributed by atoms with Crippen molar-refractivity contribution in [2.75, 3.05) is 33.3 Å². The Morgan fingerprint density at radius 3 is 2.73 bits per heavy atom. The van der Waals surface area contributed by atoms with E-state index >= 15 is 0 Å². The first-order valence-corrected chi connectivity index (χ1v) is 7.48. The predicted octanol–water partition coefficient (Wildman–Crippen LogP) is 2.74. The third-order valence-corrected chi connectivity index (χ3v) is 4.00. The zero-order valence-corrected chi connectivity index (χ0v) is 14.1. The van der Waals surface area contributed by atoms with Crippen LogP contribution in [-0.4, -0.2) is 44.1 Å². The Bertz CT molecular complexity index is 494. The van der Waals surface area contributed by atoms with Crippen LogP contribution >= 0.6 is 24.0 Å². The molecule has 0 aliphatic carbocycles. The third-order valence-electron chi connectivity index (χ3n) is 3.71. The van der Waals surface area contributed by atoms with Gasteiger partial charge >= 0.3 is 0 Å². The lowest BCUT2D eigenvalue weighted by molar-refractivity contribution is -0.134. The Morgan fingerprint density at radius 1 is 1.45 bits per heavy atom. The van der Waals surface area contributed by atoms with E-state index in [1.165, 1.54) is 18.2 Å². The minimum atomic E-state index is -0.426. The van der Waals surface area contributed by atoms with Crippen molar-refractivity contribution in [3.63, 3.8) is 0 Å². The van der Waals surface area contributed by atoms with E-state index < -0.39 is 5.82 Å². The molecule has 1 aromatic rings. The van der Waals surface area contributed by atoms with Crippen molar-refractivity contribution in [2.45, 2.75) is 12.8 Å². The fourth-order valence-electron chi connectivity index (χ4n) is 2.50. The first kappa shape index (κ1) is 19.0. The van der Waals surface area contributed by atoms with Gasteiger partial charge in [-0.1, -0.05) is 11.6 Å². The van der Waals surface area contributed by atoms with Gasteiger partial charge in [0.2, 0.25) is 0 Å². The van der Waals surface area contributed by atoms with Crippen molar-refractivity contribution in [1.82, 2.24) is 10.2 Å². The van der Waals surface area contributed by atoms with Crippen LogP contribution < -0.4 is 10.1 Å². The summed E-state index contributed by atoms with van der Waals surface area (Å²) in [6.45, 7) is 2.43. The van der Waals surface area contributed by atoms with Crippen molar-refractivity contribution in [3.05, 3.63) is 29.0 Å². The standard InChI is InChI=1S/C15H20ClFN2O2.ClH/c1-18-9-11-4-6-19(7-5-11)15(20)10-21-14-3-2-12(17)8-13(14)16;/h2-3,8,11,18H,4-7,9-10H2,1H3;1H. The molecule has 1 aliphatic heterocycles. The monoisotopic (exact) mass is 350 g/mol. The maximum atomic E-state index is 12.9. The van der Waals surface area contributed by atoms with Crippen molar-refractivity contribution >= 4 is 29.9 Å². The van der Waals surface area contributed by atoms with E-state index in [-0.39, 0.29) is 29.9 Å². The Morgan fingerprint density at radius 2 is 2.14 bits per heavy atom. The SMILES string of the molecule is CNCC1CCN(C(=O)COc2ccc(F)cc2Cl)CC1.Cl. The van der Waals surface area contributed by atoms with E-state index in [1.54, 1.807) is 0 Å². The Kier molecular flexibility index (Phi) is 7.93. The van der Waals surface area contributed by atoms with E-state index in [0.29, 0.717) is 11.7 Å². The number of benzene rings is 1. The number of rotatable bonds is 5. The Balaban J connectivity index is 0.00000242. The molecule has 7 heteroatoms. The summed E-state index contributed by atoms with van der Waals surface area (Å²) in [4.78, 5) is 13.9. The van der Waals surface area contributed by atoms with Crippen LogP contribution in [-0.2, 0) is 4.79 Å². The maximum absolute atomic E-state index is 12.9. The van der Waals surface area contributed by atoms with Gasteiger partial charge in [-0.05, 0) is 50.6 Å². The molecule has 0 unspecified atom stereocenters. The second-order valence-corrected chi connectivity index (χ2v) is 5.65. The van der Waals surface area contributed by atoms with Crippen molar-refractivity contribution < 1.29 is 13.9 Å². The lowest BCUT2D eigenvalue weighted by Crippen LogP contribution is -2.42. The van der Waals surface area contributed by atoms with Crippen molar-refractivity contribution in [2.24, 2.45) is 5.92 Å². The fraction of sp³-hybridized carbons (Fsp3) is 0.533. The summed E-state index contributed by atoms with van der Waals surface area (Å²) in [6.07, 6.45) is 2.01. The average Bonchev–Trinajstić information content (AvgIpc) is 2.47. The number of hydrogen-bond donors (Lipinski definition) is 1. The molecule has 4 nitrogen and oxygen atoms in total. The molecule has 1 saturated heterocycles. The maximum Gasteiger partial charge on any atom is 0.260 e. The summed E-state index contributed by atoms with van der Waals surface area (Å²) in [5.74, 6) is 0.478. The van der Waals surface area contributed by atoms with E-state index in [2.05, 4.69) is 5.32 Å². The van der Waals surface area contributed by atoms with Crippen molar-refractivity contribution in [1.29, 1.82) is 0 Å². The quantitative estimate of drug-likeness (QED) is 0.887. The van der Waals surface area contributed by atoms with Crippen molar-refractivity contribution in [3.8, 4) is 5.75 Å². The molecule has 0 saturated carbocycles. The molecule has 22 heavy (non-hydrogen) atoms. The largest absolute Gasteiger partial charge is 0.482 e. The van der Waals surface area contributed by atoms with Gasteiger partial charge in [-0.2, -0.15) is 0 Å². The first-order chi connectivity index (χ1) is 10.1. The molecule has 1 aromatic carbocycles. The van der Waals surface area contributed by atoms with Gasteiger partial charge in [-0.25, -0.2) is 4.39 Å². The van der Waals surface area contributed by atoms with Crippen LogP contribution in [0.3, 0.4) is 0 Å². The second-order valence-electron chi connectivity index (χ2n) is 5.25. The second kappa shape index (κ2) is 9.18. The van der Waals surface area contributed by atoms with Gasteiger partial charge in [-0.3, -0.25) is 4.79 Å². The lowest BCUT2D eigenvalue weighted by atomic mass is 9.97. The molecule has 2 rings (SSSR count). The van der Waals surface area contributed by atoms with E-state index in [1.807, 2.05) is 11.9 Å². The number of nitrogens with one attached hydrogen (secondary N) is 1. The molecule has 1 aliphatic rings. The van der Waals surface area contributed by atoms with Crippen LogP contribution in [0.15, 0.2) is 18.2 Å². The molecular weight excluding hydrogens is 330 g/mol. The highest BCUT2D eigenvalue weighted by molar-refractivity contribution is 6.32. The molecule has 0 radical (unpaired) electrons. The highest BCUT2D eigenvalue weighted by Crippen LogP contribution is 2.25. The summed E-state index contributed by atoms with van der Waals surface area (Å²) >= 11 is 5.86. The topological polar surface area (TPSA) is 41.6 Å². The Hall–Kier alpha value is -1.04. The van der Waals surface area contributed by atoms with Gasteiger partial charge in [0.25, 0.3) is 5.91 Å². The van der Waals surface area contributed by atoms with Gasteiger partial charge in [0, 0.05) is 13.1 Å². The third kappa shape index (κ3) is 5.30. The minimum absolute atomic E-state index is 0. The molecule has 0 aromatic heterocycles. The number of hydrogen-bond acceptors (Lipinski definition) is 3. The van der Waals surface area contributed by atoms with Gasteiger partial charge in [0.15, 0.2) is 6.61 Å². The number of carbonyl (C=O) groups excluding carboxylic acids is 1. The highest BCUT2D eigenvalue weighted by atomic mass is 35.5. The van der Waals surface area contributed by atoms with Crippen LogP contribution in [0.4, 0.5) is 4.39 Å². The molecule has 1 N–H and O–H groups in total. The molecule has 1 heterocycles. The van der Waals surface area contributed by atoms with Gasteiger partial charge in [0.05, 0.1) is 5.02 Å². The number of nitrogens with zero attached hydrogens (tertiary/aromatic N) is 1. The van der Waals surface area contributed by atoms with Crippen LogP contribution in [0.2, 0.25) is 5.02 Å². The average molecular weight is 351 g/mol. The van der Waals surface area contributed by atoms with E-state index in [0.717, 1.165) is 32.5 Å². The van der Waals surface area contributed by atoms with Crippen LogP contribution in [0.1, 0.15) is 12.8 Å². The predicted molar refractivity (Wildman–Crippen MR) is 87.4 cm³/mol. The molecule has 0 spiro atoms. The number of piperidine rings is 1. The van der Waals surface area contributed by atoms with Gasteiger partial charge < -0.3 is 15.0 Å². The summed E-state index contributed by atoms with van der Waals surface area (Å²) in [7, 11) is 1.94. The first-order valence-electron chi connectivity index (χ1n) is 7.10. The van der Waals surface area contributed by atoms with E-state index in [9.17, 15) is 9.18 Å². The normalized spacial score (nSPS) is 15.3. The highest BCUT2D eigenvalue weighted by Gasteiger charge is 2.22. The molecular formula is C15H21Cl2FN2O2. The van der Waals surface area contributed by atoms with E-state index in [4.69, 9.17) is 16.3 Å². The molecule has 0 atom stereocenters. The van der Waals surface area contributed by atoms with Gasteiger partial charge in [0.1, 0.15) is 11.6 Å². The smallest absolute Gasteiger partial charge is 0.260 e. The molecule has 124 valence electrons. The Labute approximate surface area is 141 Å². The summed E-state index contributed by atoms with van der Waals surface area (Å²) < 4.78 is 18.3. The number of carbonyl (C=O) groups is 1.